The summed E-state index contributed by atoms with van der Waals surface area (Å²) in [6, 6.07) is 13.3. The fraction of sp³-hybridized carbons (Fsp3) is 0.316. The van der Waals surface area contributed by atoms with Crippen LogP contribution in [0.3, 0.4) is 0 Å². The van der Waals surface area contributed by atoms with E-state index in [0.29, 0.717) is 19.8 Å². The van der Waals surface area contributed by atoms with Crippen LogP contribution < -0.4 is 20.1 Å². The minimum Gasteiger partial charge on any atom is -0.494 e. The van der Waals surface area contributed by atoms with E-state index in [9.17, 15) is 4.79 Å². The molecule has 2 aromatic carbocycles. The summed E-state index contributed by atoms with van der Waals surface area (Å²) in [5.41, 5.74) is 1.99. The minimum absolute atomic E-state index is 0.0593. The van der Waals surface area contributed by atoms with E-state index in [4.69, 9.17) is 9.47 Å². The van der Waals surface area contributed by atoms with Gasteiger partial charge in [0.05, 0.1) is 19.3 Å². The van der Waals surface area contributed by atoms with Crippen LogP contribution in [-0.2, 0) is 6.54 Å². The highest BCUT2D eigenvalue weighted by molar-refractivity contribution is 9.10. The summed E-state index contributed by atoms with van der Waals surface area (Å²) in [5.74, 6) is 1.63. The van der Waals surface area contributed by atoms with Crippen molar-refractivity contribution in [2.75, 3.05) is 13.2 Å². The van der Waals surface area contributed by atoms with E-state index in [-0.39, 0.29) is 12.1 Å². The van der Waals surface area contributed by atoms with E-state index in [0.717, 1.165) is 33.5 Å². The van der Waals surface area contributed by atoms with Crippen molar-refractivity contribution in [1.29, 1.82) is 0 Å². The van der Waals surface area contributed by atoms with Crippen LogP contribution in [-0.4, -0.2) is 19.2 Å². The van der Waals surface area contributed by atoms with Crippen LogP contribution in [0.4, 0.5) is 4.79 Å². The summed E-state index contributed by atoms with van der Waals surface area (Å²) in [7, 11) is 0. The van der Waals surface area contributed by atoms with Gasteiger partial charge in [0.2, 0.25) is 0 Å². The van der Waals surface area contributed by atoms with Gasteiger partial charge in [-0.25, -0.2) is 4.79 Å². The Balaban J connectivity index is 1.59. The van der Waals surface area contributed by atoms with Gasteiger partial charge in [-0.15, -0.1) is 0 Å². The number of carbonyl (C=O) groups is 1. The summed E-state index contributed by atoms with van der Waals surface area (Å²) >= 11 is 3.47. The maximum absolute atomic E-state index is 12.3. The van der Waals surface area contributed by atoms with Gasteiger partial charge in [-0.3, -0.25) is 0 Å². The number of nitrogens with one attached hydrogen (secondary N) is 2. The Bertz CT molecular complexity index is 751. The molecule has 0 aromatic heterocycles. The van der Waals surface area contributed by atoms with Crippen LogP contribution in [0.25, 0.3) is 0 Å². The molecule has 0 bridgehead atoms. The Morgan fingerprint density at radius 2 is 2.20 bits per heavy atom. The number of amides is 2. The summed E-state index contributed by atoms with van der Waals surface area (Å²) in [4.78, 5) is 12.3. The summed E-state index contributed by atoms with van der Waals surface area (Å²) in [6.07, 6.45) is 0.747. The third kappa shape index (κ3) is 4.66. The van der Waals surface area contributed by atoms with Crippen LogP contribution in [0.15, 0.2) is 46.9 Å². The zero-order valence-corrected chi connectivity index (χ0v) is 15.6. The third-order valence-corrected chi connectivity index (χ3v) is 4.47. The molecule has 0 aliphatic carbocycles. The van der Waals surface area contributed by atoms with E-state index in [1.165, 1.54) is 0 Å². The molecule has 6 heteroatoms. The first kappa shape index (κ1) is 17.6. The SMILES string of the molecule is CCOc1cccc(CNC(=O)NC2CCOc3ccc(Br)cc32)c1. The van der Waals surface area contributed by atoms with Gasteiger partial charge < -0.3 is 20.1 Å². The smallest absolute Gasteiger partial charge is 0.315 e. The molecule has 0 saturated carbocycles. The first-order valence-electron chi connectivity index (χ1n) is 8.34. The predicted molar refractivity (Wildman–Crippen MR) is 100.0 cm³/mol. The Labute approximate surface area is 155 Å². The van der Waals surface area contributed by atoms with Crippen LogP contribution >= 0.6 is 15.9 Å². The van der Waals surface area contributed by atoms with Crippen molar-refractivity contribution >= 4 is 22.0 Å². The average Bonchev–Trinajstić information content (AvgIpc) is 2.61. The second-order valence-corrected chi connectivity index (χ2v) is 6.69. The number of hydrogen-bond donors (Lipinski definition) is 2. The van der Waals surface area contributed by atoms with Crippen molar-refractivity contribution in [1.82, 2.24) is 10.6 Å². The van der Waals surface area contributed by atoms with Crippen LogP contribution in [0.1, 0.15) is 30.5 Å². The van der Waals surface area contributed by atoms with E-state index >= 15 is 0 Å². The van der Waals surface area contributed by atoms with E-state index < -0.39 is 0 Å². The zero-order chi connectivity index (χ0) is 17.6. The molecule has 25 heavy (non-hydrogen) atoms. The lowest BCUT2D eigenvalue weighted by Crippen LogP contribution is -2.39. The molecule has 0 fully saturated rings. The number of halogens is 1. The summed E-state index contributed by atoms with van der Waals surface area (Å²) < 4.78 is 12.1. The van der Waals surface area contributed by atoms with Gasteiger partial charge in [-0.05, 0) is 42.8 Å². The summed E-state index contributed by atoms with van der Waals surface area (Å²) in [6.45, 7) is 3.61. The number of fused-ring (bicyclic) bond motifs is 1. The average molecular weight is 405 g/mol. The Morgan fingerprint density at radius 3 is 3.04 bits per heavy atom. The molecule has 2 amide bonds. The fourth-order valence-corrected chi connectivity index (χ4v) is 3.20. The molecule has 5 nitrogen and oxygen atoms in total. The number of benzene rings is 2. The largest absolute Gasteiger partial charge is 0.494 e. The Hall–Kier alpha value is -2.21. The third-order valence-electron chi connectivity index (χ3n) is 3.98. The molecular weight excluding hydrogens is 384 g/mol. The van der Waals surface area contributed by atoms with Gasteiger partial charge in [0.25, 0.3) is 0 Å². The van der Waals surface area contributed by atoms with Gasteiger partial charge in [0, 0.05) is 23.0 Å². The van der Waals surface area contributed by atoms with Crippen molar-refractivity contribution in [3.05, 3.63) is 58.1 Å². The molecule has 2 aromatic rings. The van der Waals surface area contributed by atoms with Crippen LogP contribution in [0.5, 0.6) is 11.5 Å². The van der Waals surface area contributed by atoms with E-state index in [1.54, 1.807) is 0 Å². The lowest BCUT2D eigenvalue weighted by Gasteiger charge is -2.27. The van der Waals surface area contributed by atoms with Crippen molar-refractivity contribution in [3.8, 4) is 11.5 Å². The second kappa shape index (κ2) is 8.25. The Morgan fingerprint density at radius 1 is 1.32 bits per heavy atom. The van der Waals surface area contributed by atoms with Gasteiger partial charge in [-0.1, -0.05) is 28.1 Å². The molecule has 2 N–H and O–H groups in total. The Kier molecular flexibility index (Phi) is 5.81. The first-order valence-corrected chi connectivity index (χ1v) is 9.13. The van der Waals surface area contributed by atoms with Gasteiger partial charge >= 0.3 is 6.03 Å². The number of urea groups is 1. The lowest BCUT2D eigenvalue weighted by atomic mass is 10.0. The molecule has 1 heterocycles. The van der Waals surface area contributed by atoms with Gasteiger partial charge in [0.15, 0.2) is 0 Å². The minimum atomic E-state index is -0.195. The highest BCUT2D eigenvalue weighted by Crippen LogP contribution is 2.34. The number of ether oxygens (including phenoxy) is 2. The lowest BCUT2D eigenvalue weighted by molar-refractivity contribution is 0.223. The topological polar surface area (TPSA) is 59.6 Å². The quantitative estimate of drug-likeness (QED) is 0.785. The van der Waals surface area contributed by atoms with Crippen molar-refractivity contribution in [3.63, 3.8) is 0 Å². The highest BCUT2D eigenvalue weighted by atomic mass is 79.9. The number of hydrogen-bond acceptors (Lipinski definition) is 3. The molecule has 132 valence electrons. The zero-order valence-electron chi connectivity index (χ0n) is 14.0. The van der Waals surface area contributed by atoms with Crippen molar-refractivity contribution in [2.45, 2.75) is 25.9 Å². The predicted octanol–water partition coefficient (Wildman–Crippen LogP) is 4.17. The highest BCUT2D eigenvalue weighted by Gasteiger charge is 2.23. The van der Waals surface area contributed by atoms with E-state index in [2.05, 4.69) is 26.6 Å². The maximum atomic E-state index is 12.3. The molecule has 1 unspecified atom stereocenters. The van der Waals surface area contributed by atoms with E-state index in [1.807, 2.05) is 49.4 Å². The summed E-state index contributed by atoms with van der Waals surface area (Å²) in [5, 5.41) is 5.93. The normalized spacial score (nSPS) is 15.7. The fourth-order valence-electron chi connectivity index (χ4n) is 2.82. The molecule has 3 rings (SSSR count). The molecule has 0 saturated heterocycles. The maximum Gasteiger partial charge on any atom is 0.315 e. The second-order valence-electron chi connectivity index (χ2n) is 5.78. The molecule has 1 atom stereocenters. The van der Waals surface area contributed by atoms with Crippen LogP contribution in [0.2, 0.25) is 0 Å². The molecular formula is C19H21BrN2O3. The van der Waals surface area contributed by atoms with Crippen LogP contribution in [0, 0.1) is 0 Å². The monoisotopic (exact) mass is 404 g/mol. The molecule has 0 radical (unpaired) electrons. The molecule has 1 aliphatic heterocycles. The standard InChI is InChI=1S/C19H21BrN2O3/c1-2-24-15-5-3-4-13(10-15)12-21-19(23)22-17-8-9-25-18-7-6-14(20)11-16(17)18/h3-7,10-11,17H,2,8-9,12H2,1H3,(H2,21,22,23). The number of rotatable bonds is 5. The van der Waals surface area contributed by atoms with Gasteiger partial charge in [0.1, 0.15) is 11.5 Å². The van der Waals surface area contributed by atoms with Crippen molar-refractivity contribution in [2.24, 2.45) is 0 Å². The van der Waals surface area contributed by atoms with Crippen molar-refractivity contribution < 1.29 is 14.3 Å². The van der Waals surface area contributed by atoms with Gasteiger partial charge in [-0.2, -0.15) is 0 Å². The number of carbonyl (C=O) groups excluding carboxylic acids is 1. The molecule has 0 spiro atoms. The first-order chi connectivity index (χ1) is 12.2. The molecule has 1 aliphatic rings.